The molecule has 4 nitrogen and oxygen atoms in total. The summed E-state index contributed by atoms with van der Waals surface area (Å²) in [6.45, 7) is 1.84. The number of carbonyl (C=O) groups is 1. The second kappa shape index (κ2) is 3.23. The van der Waals surface area contributed by atoms with Crippen LogP contribution in [0.4, 0.5) is 0 Å². The van der Waals surface area contributed by atoms with Crippen LogP contribution in [0.25, 0.3) is 0 Å². The van der Waals surface area contributed by atoms with E-state index < -0.39 is 0 Å². The standard InChI is InChI=1S/C11H17N3O/c12-10(7-2-3-7)8-6-9(15)14-5-1-4-13-11(8)14/h7,10,13H,1-6,12H2. The maximum Gasteiger partial charge on any atom is 0.232 e. The quantitative estimate of drug-likeness (QED) is 0.678. The Morgan fingerprint density at radius 2 is 2.27 bits per heavy atom. The number of carbonyl (C=O) groups excluding carboxylic acids is 1. The molecule has 3 rings (SSSR count). The summed E-state index contributed by atoms with van der Waals surface area (Å²) in [6.07, 6.45) is 4.04. The number of nitrogens with two attached hydrogens (primary N) is 1. The molecule has 1 atom stereocenters. The summed E-state index contributed by atoms with van der Waals surface area (Å²) >= 11 is 0. The molecule has 0 spiro atoms. The van der Waals surface area contributed by atoms with Crippen molar-refractivity contribution in [3.8, 4) is 0 Å². The lowest BCUT2D eigenvalue weighted by molar-refractivity contribution is -0.127. The molecule has 15 heavy (non-hydrogen) atoms. The highest BCUT2D eigenvalue weighted by atomic mass is 16.2. The number of rotatable bonds is 2. The highest BCUT2D eigenvalue weighted by molar-refractivity contribution is 5.84. The minimum absolute atomic E-state index is 0.111. The Morgan fingerprint density at radius 1 is 1.47 bits per heavy atom. The van der Waals surface area contributed by atoms with E-state index in [1.807, 2.05) is 4.90 Å². The third kappa shape index (κ3) is 1.44. The van der Waals surface area contributed by atoms with Gasteiger partial charge in [0.1, 0.15) is 5.82 Å². The average Bonchev–Trinajstić information content (AvgIpc) is 3.04. The summed E-state index contributed by atoms with van der Waals surface area (Å²) in [6, 6.07) is 0.111. The molecule has 82 valence electrons. The van der Waals surface area contributed by atoms with Crippen molar-refractivity contribution in [3.63, 3.8) is 0 Å². The van der Waals surface area contributed by atoms with Gasteiger partial charge in [-0.2, -0.15) is 0 Å². The van der Waals surface area contributed by atoms with Crippen LogP contribution in [-0.2, 0) is 4.79 Å². The molecule has 0 radical (unpaired) electrons. The minimum Gasteiger partial charge on any atom is -0.371 e. The molecule has 4 heteroatoms. The van der Waals surface area contributed by atoms with Gasteiger partial charge in [0.25, 0.3) is 0 Å². The smallest absolute Gasteiger partial charge is 0.232 e. The average molecular weight is 207 g/mol. The van der Waals surface area contributed by atoms with Crippen LogP contribution in [0.5, 0.6) is 0 Å². The van der Waals surface area contributed by atoms with Crippen molar-refractivity contribution in [1.29, 1.82) is 0 Å². The Bertz CT molecular complexity index is 333. The summed E-state index contributed by atoms with van der Waals surface area (Å²) in [4.78, 5) is 13.6. The Labute approximate surface area is 89.5 Å². The van der Waals surface area contributed by atoms with Gasteiger partial charge in [0.2, 0.25) is 5.91 Å². The predicted octanol–water partition coefficient (Wildman–Crippen LogP) is 0.161. The highest BCUT2D eigenvalue weighted by Crippen LogP contribution is 2.38. The van der Waals surface area contributed by atoms with E-state index in [1.165, 1.54) is 12.8 Å². The Hall–Kier alpha value is -1.03. The van der Waals surface area contributed by atoms with Crippen molar-refractivity contribution in [1.82, 2.24) is 10.2 Å². The third-order valence-corrected chi connectivity index (χ3v) is 3.60. The van der Waals surface area contributed by atoms with Crippen molar-refractivity contribution in [3.05, 3.63) is 11.4 Å². The molecule has 1 aliphatic carbocycles. The topological polar surface area (TPSA) is 58.4 Å². The van der Waals surface area contributed by atoms with Crippen LogP contribution in [-0.4, -0.2) is 29.9 Å². The van der Waals surface area contributed by atoms with E-state index in [0.29, 0.717) is 12.3 Å². The van der Waals surface area contributed by atoms with Crippen molar-refractivity contribution >= 4 is 5.91 Å². The van der Waals surface area contributed by atoms with E-state index in [-0.39, 0.29) is 11.9 Å². The van der Waals surface area contributed by atoms with Crippen molar-refractivity contribution < 1.29 is 4.79 Å². The molecular weight excluding hydrogens is 190 g/mol. The van der Waals surface area contributed by atoms with Crippen molar-refractivity contribution in [2.24, 2.45) is 11.7 Å². The number of nitrogens with zero attached hydrogens (tertiary/aromatic N) is 1. The van der Waals surface area contributed by atoms with E-state index in [1.54, 1.807) is 0 Å². The van der Waals surface area contributed by atoms with E-state index in [0.717, 1.165) is 30.9 Å². The maximum absolute atomic E-state index is 11.8. The van der Waals surface area contributed by atoms with Crippen LogP contribution in [0, 0.1) is 5.92 Å². The fourth-order valence-corrected chi connectivity index (χ4v) is 2.55. The first-order valence-corrected chi connectivity index (χ1v) is 5.80. The van der Waals surface area contributed by atoms with Crippen LogP contribution >= 0.6 is 0 Å². The van der Waals surface area contributed by atoms with Crippen LogP contribution in [0.3, 0.4) is 0 Å². The van der Waals surface area contributed by atoms with Crippen LogP contribution < -0.4 is 11.1 Å². The fourth-order valence-electron chi connectivity index (χ4n) is 2.55. The summed E-state index contributed by atoms with van der Waals surface area (Å²) in [5.74, 6) is 1.89. The van der Waals surface area contributed by atoms with E-state index >= 15 is 0 Å². The number of hydrogen-bond acceptors (Lipinski definition) is 3. The van der Waals surface area contributed by atoms with Gasteiger partial charge < -0.3 is 11.1 Å². The third-order valence-electron chi connectivity index (χ3n) is 3.60. The van der Waals surface area contributed by atoms with Crippen LogP contribution in [0.15, 0.2) is 11.4 Å². The predicted molar refractivity (Wildman–Crippen MR) is 56.7 cm³/mol. The second-order valence-electron chi connectivity index (χ2n) is 4.74. The van der Waals surface area contributed by atoms with Gasteiger partial charge in [-0.1, -0.05) is 0 Å². The summed E-state index contributed by atoms with van der Waals surface area (Å²) in [5.41, 5.74) is 7.33. The minimum atomic E-state index is 0.111. The summed E-state index contributed by atoms with van der Waals surface area (Å²) in [7, 11) is 0. The second-order valence-corrected chi connectivity index (χ2v) is 4.74. The molecule has 2 aliphatic heterocycles. The Morgan fingerprint density at radius 3 is 3.00 bits per heavy atom. The van der Waals surface area contributed by atoms with Gasteiger partial charge >= 0.3 is 0 Å². The first-order chi connectivity index (χ1) is 7.27. The molecular formula is C11H17N3O. The van der Waals surface area contributed by atoms with Gasteiger partial charge in [0, 0.05) is 19.1 Å². The first-order valence-electron chi connectivity index (χ1n) is 5.80. The molecule has 3 N–H and O–H groups in total. The Balaban J connectivity index is 1.88. The molecule has 2 fully saturated rings. The van der Waals surface area contributed by atoms with Gasteiger partial charge in [-0.15, -0.1) is 0 Å². The lowest BCUT2D eigenvalue weighted by atomic mass is 10.0. The van der Waals surface area contributed by atoms with Gasteiger partial charge in [-0.05, 0) is 30.8 Å². The molecule has 1 saturated carbocycles. The monoisotopic (exact) mass is 207 g/mol. The summed E-state index contributed by atoms with van der Waals surface area (Å²) in [5, 5.41) is 3.33. The van der Waals surface area contributed by atoms with E-state index in [9.17, 15) is 4.79 Å². The lowest BCUT2D eigenvalue weighted by Crippen LogP contribution is -2.40. The molecule has 2 heterocycles. The van der Waals surface area contributed by atoms with E-state index in [2.05, 4.69) is 5.32 Å². The van der Waals surface area contributed by atoms with Gasteiger partial charge in [-0.3, -0.25) is 9.69 Å². The van der Waals surface area contributed by atoms with E-state index in [4.69, 9.17) is 5.73 Å². The fraction of sp³-hybridized carbons (Fsp3) is 0.727. The molecule has 1 amide bonds. The molecule has 0 aromatic rings. The SMILES string of the molecule is NC(C1=C2NCCCN2C(=O)C1)C1CC1. The molecule has 0 aromatic carbocycles. The van der Waals surface area contributed by atoms with Crippen LogP contribution in [0.1, 0.15) is 25.7 Å². The maximum atomic E-state index is 11.8. The van der Waals surface area contributed by atoms with Crippen molar-refractivity contribution in [2.45, 2.75) is 31.7 Å². The molecule has 1 unspecified atom stereocenters. The largest absolute Gasteiger partial charge is 0.371 e. The molecule has 3 aliphatic rings. The number of hydrogen-bond donors (Lipinski definition) is 2. The zero-order valence-corrected chi connectivity index (χ0v) is 8.83. The van der Waals surface area contributed by atoms with Gasteiger partial charge in [0.05, 0.1) is 6.42 Å². The zero-order valence-electron chi connectivity index (χ0n) is 8.83. The number of amides is 1. The number of nitrogens with one attached hydrogen (secondary N) is 1. The molecule has 0 aromatic heterocycles. The van der Waals surface area contributed by atoms with Crippen LogP contribution in [0.2, 0.25) is 0 Å². The Kier molecular flexibility index (Phi) is 1.99. The number of fused-ring (bicyclic) bond motifs is 1. The molecule has 0 bridgehead atoms. The highest BCUT2D eigenvalue weighted by Gasteiger charge is 2.39. The van der Waals surface area contributed by atoms with Gasteiger partial charge in [0.15, 0.2) is 0 Å². The molecule has 1 saturated heterocycles. The normalized spacial score (nSPS) is 27.8. The first kappa shape index (κ1) is 9.21. The zero-order chi connectivity index (χ0) is 10.4. The summed E-state index contributed by atoms with van der Waals surface area (Å²) < 4.78 is 0. The van der Waals surface area contributed by atoms with Crippen molar-refractivity contribution in [2.75, 3.05) is 13.1 Å². The lowest BCUT2D eigenvalue weighted by Gasteiger charge is -2.27. The van der Waals surface area contributed by atoms with Gasteiger partial charge in [-0.25, -0.2) is 0 Å².